The topological polar surface area (TPSA) is 65.8 Å². The van der Waals surface area contributed by atoms with Crippen LogP contribution in [-0.4, -0.2) is 58.8 Å². The highest BCUT2D eigenvalue weighted by atomic mass is 79.9. The summed E-state index contributed by atoms with van der Waals surface area (Å²) in [6, 6.07) is 0. The van der Waals surface area contributed by atoms with E-state index in [2.05, 4.69) is 21.0 Å². The van der Waals surface area contributed by atoms with E-state index in [9.17, 15) is 4.79 Å². The second-order valence-corrected chi connectivity index (χ2v) is 6.99. The van der Waals surface area contributed by atoms with Crippen molar-refractivity contribution in [1.29, 1.82) is 0 Å². The molecule has 0 spiro atoms. The third kappa shape index (κ3) is 3.92. The maximum absolute atomic E-state index is 12.2. The van der Waals surface area contributed by atoms with E-state index in [0.717, 1.165) is 4.60 Å². The summed E-state index contributed by atoms with van der Waals surface area (Å²) < 4.78 is 19.2. The molecule has 2 heterocycles. The van der Waals surface area contributed by atoms with Crippen LogP contribution in [0.1, 0.15) is 20.8 Å². The number of rotatable bonds is 3. The summed E-state index contributed by atoms with van der Waals surface area (Å²) in [5, 5.41) is 4.11. The first kappa shape index (κ1) is 17.1. The number of ether oxygens (including phenoxy) is 3. The van der Waals surface area contributed by atoms with Crippen LogP contribution in [0.5, 0.6) is 5.75 Å². The fraction of sp³-hybridized carbons (Fsp3) is 0.714. The molecule has 0 radical (unpaired) electrons. The van der Waals surface area contributed by atoms with E-state index < -0.39 is 5.60 Å². The zero-order chi connectivity index (χ0) is 16.5. The largest absolute Gasteiger partial charge is 0.481 e. The van der Waals surface area contributed by atoms with Gasteiger partial charge < -0.3 is 19.1 Å². The number of aromatic nitrogens is 2. The van der Waals surface area contributed by atoms with E-state index in [1.54, 1.807) is 22.9 Å². The van der Waals surface area contributed by atoms with Gasteiger partial charge in [0.1, 0.15) is 22.4 Å². The van der Waals surface area contributed by atoms with Crippen LogP contribution in [0.4, 0.5) is 4.79 Å². The molecule has 0 aliphatic carbocycles. The smallest absolute Gasteiger partial charge is 0.410 e. The lowest BCUT2D eigenvalue weighted by atomic mass is 10.2. The van der Waals surface area contributed by atoms with Gasteiger partial charge in [-0.15, -0.1) is 0 Å². The Kier molecular flexibility index (Phi) is 5.01. The Morgan fingerprint density at radius 1 is 1.36 bits per heavy atom. The fourth-order valence-corrected chi connectivity index (χ4v) is 2.49. The Bertz CT molecular complexity index is 541. The van der Waals surface area contributed by atoms with E-state index >= 15 is 0 Å². The molecule has 124 valence electrons. The Balaban J connectivity index is 2.03. The molecule has 1 aromatic heterocycles. The molecule has 22 heavy (non-hydrogen) atoms. The van der Waals surface area contributed by atoms with Crippen LogP contribution in [0.15, 0.2) is 10.8 Å². The highest BCUT2D eigenvalue weighted by molar-refractivity contribution is 9.10. The third-order valence-corrected chi connectivity index (χ3v) is 4.19. The minimum atomic E-state index is -0.523. The number of methoxy groups -OCH3 is 1. The molecule has 0 N–H and O–H groups in total. The van der Waals surface area contributed by atoms with Crippen molar-refractivity contribution >= 4 is 22.0 Å². The SMILES string of the molecule is CO[C@@H]1CN(C(=O)OC(C)(C)C)C[C@@H]1Oc1cnn(C)c1Br. The third-order valence-electron chi connectivity index (χ3n) is 3.28. The van der Waals surface area contributed by atoms with Crippen molar-refractivity contribution in [3.05, 3.63) is 10.8 Å². The van der Waals surface area contributed by atoms with Crippen molar-refractivity contribution in [2.24, 2.45) is 7.05 Å². The molecule has 2 rings (SSSR count). The maximum Gasteiger partial charge on any atom is 0.410 e. The van der Waals surface area contributed by atoms with Gasteiger partial charge in [0.15, 0.2) is 5.75 Å². The summed E-state index contributed by atoms with van der Waals surface area (Å²) in [6.07, 6.45) is 0.802. The lowest BCUT2D eigenvalue weighted by Crippen LogP contribution is -2.36. The molecule has 1 aromatic rings. The predicted octanol–water partition coefficient (Wildman–Crippen LogP) is 2.20. The van der Waals surface area contributed by atoms with Gasteiger partial charge in [-0.25, -0.2) is 4.79 Å². The van der Waals surface area contributed by atoms with Crippen LogP contribution in [0.3, 0.4) is 0 Å². The number of aryl methyl sites for hydroxylation is 1. The molecule has 1 fully saturated rings. The summed E-state index contributed by atoms with van der Waals surface area (Å²) in [7, 11) is 3.42. The lowest BCUT2D eigenvalue weighted by Gasteiger charge is -2.24. The van der Waals surface area contributed by atoms with Gasteiger partial charge in [-0.2, -0.15) is 5.10 Å². The molecule has 1 saturated heterocycles. The van der Waals surface area contributed by atoms with Gasteiger partial charge in [-0.05, 0) is 36.7 Å². The van der Waals surface area contributed by atoms with E-state index in [-0.39, 0.29) is 18.3 Å². The Morgan fingerprint density at radius 2 is 2.00 bits per heavy atom. The number of hydrogen-bond acceptors (Lipinski definition) is 5. The molecule has 0 bridgehead atoms. The predicted molar refractivity (Wildman–Crippen MR) is 83.9 cm³/mol. The highest BCUT2D eigenvalue weighted by Gasteiger charge is 2.39. The van der Waals surface area contributed by atoms with Crippen molar-refractivity contribution in [3.8, 4) is 5.75 Å². The van der Waals surface area contributed by atoms with Crippen molar-refractivity contribution in [1.82, 2.24) is 14.7 Å². The molecule has 0 aromatic carbocycles. The quantitative estimate of drug-likeness (QED) is 0.809. The molecule has 0 unspecified atom stereocenters. The van der Waals surface area contributed by atoms with E-state index in [1.807, 2.05) is 27.8 Å². The first-order valence-corrected chi connectivity index (χ1v) is 7.85. The molecule has 1 aliphatic heterocycles. The van der Waals surface area contributed by atoms with Crippen LogP contribution >= 0.6 is 15.9 Å². The Morgan fingerprint density at radius 3 is 2.50 bits per heavy atom. The molecular weight excluding hydrogens is 354 g/mol. The van der Waals surface area contributed by atoms with Crippen molar-refractivity contribution in [2.45, 2.75) is 38.6 Å². The van der Waals surface area contributed by atoms with Crippen molar-refractivity contribution in [3.63, 3.8) is 0 Å². The first-order chi connectivity index (χ1) is 10.2. The van der Waals surface area contributed by atoms with Crippen LogP contribution in [0, 0.1) is 0 Å². The molecule has 7 nitrogen and oxygen atoms in total. The second-order valence-electron chi connectivity index (χ2n) is 6.24. The first-order valence-electron chi connectivity index (χ1n) is 7.06. The molecule has 1 amide bonds. The van der Waals surface area contributed by atoms with Crippen LogP contribution in [-0.2, 0) is 16.5 Å². The molecular formula is C14H22BrN3O4. The minimum Gasteiger partial charge on any atom is -0.481 e. The second kappa shape index (κ2) is 6.45. The molecule has 8 heteroatoms. The van der Waals surface area contributed by atoms with E-state index in [4.69, 9.17) is 14.2 Å². The van der Waals surface area contributed by atoms with Gasteiger partial charge >= 0.3 is 6.09 Å². The Hall–Kier alpha value is -1.28. The number of amides is 1. The van der Waals surface area contributed by atoms with Crippen molar-refractivity contribution in [2.75, 3.05) is 20.2 Å². The van der Waals surface area contributed by atoms with Gasteiger partial charge in [0.2, 0.25) is 0 Å². The summed E-state index contributed by atoms with van der Waals surface area (Å²) in [6.45, 7) is 6.38. The number of carbonyl (C=O) groups is 1. The van der Waals surface area contributed by atoms with Crippen molar-refractivity contribution < 1.29 is 19.0 Å². The van der Waals surface area contributed by atoms with E-state index in [1.165, 1.54) is 0 Å². The lowest BCUT2D eigenvalue weighted by molar-refractivity contribution is 0.0240. The molecule has 0 saturated carbocycles. The van der Waals surface area contributed by atoms with Crippen LogP contribution in [0.25, 0.3) is 0 Å². The summed E-state index contributed by atoms with van der Waals surface area (Å²) in [5.74, 6) is 0.626. The minimum absolute atomic E-state index is 0.209. The van der Waals surface area contributed by atoms with Gasteiger partial charge in [-0.3, -0.25) is 4.68 Å². The highest BCUT2D eigenvalue weighted by Crippen LogP contribution is 2.28. The van der Waals surface area contributed by atoms with Crippen LogP contribution < -0.4 is 4.74 Å². The van der Waals surface area contributed by atoms with Gasteiger partial charge in [0.05, 0.1) is 19.3 Å². The monoisotopic (exact) mass is 375 g/mol. The number of likely N-dealkylation sites (tertiary alicyclic amines) is 1. The molecule has 2 atom stereocenters. The fourth-order valence-electron chi connectivity index (χ4n) is 2.20. The molecule has 1 aliphatic rings. The number of carbonyl (C=O) groups excluding carboxylic acids is 1. The average Bonchev–Trinajstić information content (AvgIpc) is 2.95. The number of nitrogens with zero attached hydrogens (tertiary/aromatic N) is 3. The number of hydrogen-bond donors (Lipinski definition) is 0. The zero-order valence-corrected chi connectivity index (χ0v) is 15.1. The summed E-state index contributed by atoms with van der Waals surface area (Å²) in [5.41, 5.74) is -0.523. The van der Waals surface area contributed by atoms with Gasteiger partial charge in [0, 0.05) is 14.2 Å². The summed E-state index contributed by atoms with van der Waals surface area (Å²) >= 11 is 3.41. The van der Waals surface area contributed by atoms with Gasteiger partial charge in [0.25, 0.3) is 0 Å². The standard InChI is InChI=1S/C14H22BrN3O4/c1-14(2,3)22-13(19)18-7-10(20-5)11(8-18)21-9-6-16-17(4)12(9)15/h6,10-11H,7-8H2,1-5H3/t10-,11+/m1/s1. The maximum atomic E-state index is 12.2. The van der Waals surface area contributed by atoms with E-state index in [0.29, 0.717) is 18.8 Å². The Labute approximate surface area is 138 Å². The average molecular weight is 376 g/mol. The summed E-state index contributed by atoms with van der Waals surface area (Å²) in [4.78, 5) is 13.8. The zero-order valence-electron chi connectivity index (χ0n) is 13.5. The normalized spacial score (nSPS) is 22.0. The van der Waals surface area contributed by atoms with Gasteiger partial charge in [-0.1, -0.05) is 0 Å². The number of halogens is 1. The van der Waals surface area contributed by atoms with Crippen LogP contribution in [0.2, 0.25) is 0 Å².